The van der Waals surface area contributed by atoms with Gasteiger partial charge in [-0.2, -0.15) is 10.2 Å². The summed E-state index contributed by atoms with van der Waals surface area (Å²) < 4.78 is 30.2. The second-order valence-electron chi connectivity index (χ2n) is 14.1. The summed E-state index contributed by atoms with van der Waals surface area (Å²) in [6.07, 6.45) is 10.3. The van der Waals surface area contributed by atoms with E-state index in [1.54, 1.807) is 24.3 Å². The van der Waals surface area contributed by atoms with Crippen LogP contribution >= 0.6 is 23.2 Å². The molecule has 4 heterocycles. The van der Waals surface area contributed by atoms with E-state index in [2.05, 4.69) is 40.8 Å². The van der Waals surface area contributed by atoms with E-state index in [1.165, 1.54) is 51.4 Å². The molecule has 0 spiro atoms. The number of hydrogen-bond donors (Lipinski definition) is 5. The predicted octanol–water partition coefficient (Wildman–Crippen LogP) is 4.37. The lowest BCUT2D eigenvalue weighted by molar-refractivity contribution is -0.138. The van der Waals surface area contributed by atoms with E-state index in [4.69, 9.17) is 39.8 Å². The van der Waals surface area contributed by atoms with E-state index < -0.39 is 17.6 Å². The van der Waals surface area contributed by atoms with Crippen molar-refractivity contribution in [3.05, 3.63) is 94.3 Å². The summed E-state index contributed by atoms with van der Waals surface area (Å²) in [5.74, 6) is -1.89. The van der Waals surface area contributed by atoms with Gasteiger partial charge in [-0.25, -0.2) is 38.1 Å². The molecule has 2 saturated carbocycles. The number of amides is 2. The van der Waals surface area contributed by atoms with Gasteiger partial charge in [-0.3, -0.25) is 19.2 Å². The van der Waals surface area contributed by atoms with Gasteiger partial charge < -0.3 is 32.1 Å². The fraction of sp³-hybridized carbons (Fsp3) is 0.350. The minimum Gasteiger partial charge on any atom is -0.480 e. The standard InChI is InChI=1S/C19H19ClFN7O2.C13H15ClFNO.C7H7N5O2.CH4/c20-14-3-1-2-11(17(14)21)6-23-15(29)8-27(12-4-5-12)16(30)9-28-19-13(7-26-28)18(22)24-10-25-19;14-12-3-1-2-9(13(12)15)4-7-11(17)8-16-10-5-6-10;8-6-4-1-11-12(2-5(13)14)7(4)10-3-9-6;/h1-3,7,10,12H,4-6,8-9H2,(H,23,29)(H2,22,24,25);1-3,10,16H,4-8H2;1,3H,2H2,(H,13,14)(H2,8,9,10);1H4. The number of carboxylic acids is 1. The number of hydrogen-bond acceptors (Lipinski definition) is 13. The number of ketones is 1. The Hall–Kier alpha value is -6.38. The van der Waals surface area contributed by atoms with Crippen LogP contribution in [-0.2, 0) is 45.2 Å². The number of benzene rings is 2. The number of rotatable bonds is 15. The molecule has 0 radical (unpaired) electrons. The summed E-state index contributed by atoms with van der Waals surface area (Å²) in [7, 11) is 0. The van der Waals surface area contributed by atoms with Crippen LogP contribution in [0.15, 0.2) is 61.4 Å². The van der Waals surface area contributed by atoms with Crippen molar-refractivity contribution in [3.63, 3.8) is 0 Å². The Morgan fingerprint density at radius 2 is 1.35 bits per heavy atom. The fourth-order valence-electron chi connectivity index (χ4n) is 5.95. The van der Waals surface area contributed by atoms with Crippen LogP contribution in [0.1, 0.15) is 50.7 Å². The number of carbonyl (C=O) groups is 4. The van der Waals surface area contributed by atoms with Crippen LogP contribution in [0.25, 0.3) is 22.1 Å². The molecule has 18 nitrogen and oxygen atoms in total. The van der Waals surface area contributed by atoms with Gasteiger partial charge in [0.2, 0.25) is 11.8 Å². The molecule has 6 aromatic rings. The Morgan fingerprint density at radius 1 is 0.806 bits per heavy atom. The summed E-state index contributed by atoms with van der Waals surface area (Å²) >= 11 is 11.4. The second kappa shape index (κ2) is 21.4. The first-order valence-electron chi connectivity index (χ1n) is 19.0. The van der Waals surface area contributed by atoms with Crippen LogP contribution in [0.2, 0.25) is 10.0 Å². The van der Waals surface area contributed by atoms with Crippen molar-refractivity contribution in [2.75, 3.05) is 24.6 Å². The van der Waals surface area contributed by atoms with Crippen molar-refractivity contribution in [2.24, 2.45) is 0 Å². The zero-order valence-corrected chi connectivity index (χ0v) is 34.0. The van der Waals surface area contributed by atoms with Gasteiger partial charge in [0, 0.05) is 30.6 Å². The zero-order chi connectivity index (χ0) is 43.6. The molecule has 0 bridgehead atoms. The van der Waals surface area contributed by atoms with E-state index in [0.29, 0.717) is 58.9 Å². The molecule has 2 fully saturated rings. The van der Waals surface area contributed by atoms with Crippen molar-refractivity contribution in [3.8, 4) is 0 Å². The topological polar surface area (TPSA) is 255 Å². The molecule has 2 aromatic carbocycles. The minimum atomic E-state index is -0.979. The first kappa shape index (κ1) is 46.7. The number of fused-ring (bicyclic) bond motifs is 2. The average Bonchev–Trinajstić information content (AvgIpc) is 4.17. The first-order valence-corrected chi connectivity index (χ1v) is 19.8. The lowest BCUT2D eigenvalue weighted by atomic mass is 10.1. The highest BCUT2D eigenvalue weighted by Crippen LogP contribution is 2.27. The zero-order valence-electron chi connectivity index (χ0n) is 32.5. The molecule has 2 aliphatic carbocycles. The lowest BCUT2D eigenvalue weighted by Gasteiger charge is -2.22. The number of anilines is 2. The van der Waals surface area contributed by atoms with Gasteiger partial charge in [-0.05, 0) is 49.8 Å². The molecular weight excluding hydrogens is 851 g/mol. The fourth-order valence-corrected chi connectivity index (χ4v) is 6.33. The van der Waals surface area contributed by atoms with Gasteiger partial charge in [0.15, 0.2) is 11.3 Å². The maximum Gasteiger partial charge on any atom is 0.325 e. The third-order valence-corrected chi connectivity index (χ3v) is 10.1. The normalized spacial score (nSPS) is 13.0. The number of nitrogens with zero attached hydrogens (tertiary/aromatic N) is 9. The second-order valence-corrected chi connectivity index (χ2v) is 15.0. The van der Waals surface area contributed by atoms with E-state index in [0.717, 1.165) is 25.7 Å². The number of carbonyl (C=O) groups excluding carboxylic acids is 3. The first-order chi connectivity index (χ1) is 29.3. The molecule has 0 atom stereocenters. The Bertz CT molecular complexity index is 2550. The van der Waals surface area contributed by atoms with Crippen LogP contribution in [-0.4, -0.2) is 98.2 Å². The summed E-state index contributed by atoms with van der Waals surface area (Å²) in [6, 6.07) is 10.0. The minimum absolute atomic E-state index is 0. The van der Waals surface area contributed by atoms with Crippen molar-refractivity contribution in [2.45, 2.75) is 77.7 Å². The van der Waals surface area contributed by atoms with Crippen LogP contribution in [0.5, 0.6) is 0 Å². The number of nitrogens with one attached hydrogen (secondary N) is 2. The summed E-state index contributed by atoms with van der Waals surface area (Å²) in [5, 5.41) is 23.6. The quantitative estimate of drug-likeness (QED) is 0.0960. The highest BCUT2D eigenvalue weighted by Gasteiger charge is 2.34. The molecule has 0 unspecified atom stereocenters. The number of nitrogen functional groups attached to an aromatic ring is 2. The molecule has 0 saturated heterocycles. The summed E-state index contributed by atoms with van der Waals surface area (Å²) in [4.78, 5) is 64.5. The SMILES string of the molecule is C.Nc1ncnc2c1cnn2CC(=O)N(CC(=O)NCc1cccc(Cl)c1F)C1CC1.Nc1ncnc2c1cnn2CC(=O)O.O=C(CCc1cccc(Cl)c1F)CNC1CC1. The Morgan fingerprint density at radius 3 is 1.90 bits per heavy atom. The maximum atomic E-state index is 14.0. The smallest absolute Gasteiger partial charge is 0.325 e. The average molecular weight is 897 g/mol. The third kappa shape index (κ3) is 12.6. The molecule has 62 heavy (non-hydrogen) atoms. The Kier molecular flexibility index (Phi) is 16.1. The largest absolute Gasteiger partial charge is 0.480 e. The molecule has 0 aliphatic heterocycles. The number of aryl methyl sites for hydroxylation is 1. The van der Waals surface area contributed by atoms with Crippen LogP contribution < -0.4 is 22.1 Å². The molecule has 4 aromatic heterocycles. The number of carboxylic acid groups (broad SMARTS) is 1. The third-order valence-electron chi connectivity index (χ3n) is 9.50. The van der Waals surface area contributed by atoms with Gasteiger partial charge in [0.1, 0.15) is 54.8 Å². The van der Waals surface area contributed by atoms with E-state index in [9.17, 15) is 28.0 Å². The molecule has 8 rings (SSSR count). The van der Waals surface area contributed by atoms with E-state index >= 15 is 0 Å². The molecule has 22 heteroatoms. The molecular formula is C40H45Cl2F2N13O5. The molecule has 7 N–H and O–H groups in total. The van der Waals surface area contributed by atoms with Crippen LogP contribution in [0, 0.1) is 11.6 Å². The van der Waals surface area contributed by atoms with Crippen molar-refractivity contribution in [1.29, 1.82) is 0 Å². The highest BCUT2D eigenvalue weighted by atomic mass is 35.5. The number of Topliss-reactive ketones (excluding diaryl/α,β-unsaturated/α-hetero) is 1. The number of aromatic nitrogens is 8. The van der Waals surface area contributed by atoms with Crippen molar-refractivity contribution in [1.82, 2.24) is 55.0 Å². The summed E-state index contributed by atoms with van der Waals surface area (Å²) in [6.45, 7) is -0.0562. The lowest BCUT2D eigenvalue weighted by Crippen LogP contribution is -2.43. The molecule has 2 amide bonds. The van der Waals surface area contributed by atoms with Gasteiger partial charge >= 0.3 is 5.97 Å². The number of aliphatic carboxylic acids is 1. The molecule has 2 aliphatic rings. The van der Waals surface area contributed by atoms with E-state index in [1.807, 2.05) is 0 Å². The Labute approximate surface area is 364 Å². The molecule has 328 valence electrons. The van der Waals surface area contributed by atoms with Crippen LogP contribution in [0.3, 0.4) is 0 Å². The number of nitrogens with two attached hydrogens (primary N) is 2. The van der Waals surface area contributed by atoms with E-state index in [-0.39, 0.29) is 78.7 Å². The maximum absolute atomic E-state index is 14.0. The van der Waals surface area contributed by atoms with Crippen molar-refractivity contribution < 1.29 is 33.1 Å². The monoisotopic (exact) mass is 895 g/mol. The van der Waals surface area contributed by atoms with Crippen LogP contribution in [0.4, 0.5) is 20.4 Å². The van der Waals surface area contributed by atoms with Gasteiger partial charge in [0.05, 0.1) is 46.3 Å². The summed E-state index contributed by atoms with van der Waals surface area (Å²) in [5.41, 5.74) is 13.0. The van der Waals surface area contributed by atoms with Gasteiger partial charge in [-0.15, -0.1) is 0 Å². The van der Waals surface area contributed by atoms with Gasteiger partial charge in [0.25, 0.3) is 0 Å². The predicted molar refractivity (Wildman–Crippen MR) is 228 cm³/mol. The van der Waals surface area contributed by atoms with Crippen molar-refractivity contribution >= 4 is 80.5 Å². The number of halogens is 4. The van der Waals surface area contributed by atoms with Gasteiger partial charge in [-0.1, -0.05) is 54.9 Å². The Balaban J connectivity index is 0.000000192. The highest BCUT2D eigenvalue weighted by molar-refractivity contribution is 6.31.